The van der Waals surface area contributed by atoms with Crippen molar-refractivity contribution in [1.82, 2.24) is 20.5 Å². The fourth-order valence-corrected chi connectivity index (χ4v) is 3.86. The summed E-state index contributed by atoms with van der Waals surface area (Å²) in [6.45, 7) is 5.29. The Hall–Kier alpha value is -2.07. The number of hydrogen-bond donors (Lipinski definition) is 2. The molecule has 1 saturated heterocycles. The summed E-state index contributed by atoms with van der Waals surface area (Å²) in [5.74, 6) is 1.43. The number of nitrogens with one attached hydrogen (secondary N) is 2. The van der Waals surface area contributed by atoms with Crippen molar-refractivity contribution in [1.29, 1.82) is 0 Å². The highest BCUT2D eigenvalue weighted by atomic mass is 32.1. The van der Waals surface area contributed by atoms with Gasteiger partial charge in [-0.3, -0.25) is 4.90 Å². The van der Waals surface area contributed by atoms with Crippen molar-refractivity contribution in [2.24, 2.45) is 4.99 Å². The minimum Gasteiger partial charge on any atom is -0.468 e. The Morgan fingerprint density at radius 3 is 2.75 bits per heavy atom. The van der Waals surface area contributed by atoms with E-state index in [4.69, 9.17) is 4.42 Å². The van der Waals surface area contributed by atoms with Gasteiger partial charge in [0.05, 0.1) is 18.8 Å². The second-order valence-corrected chi connectivity index (χ2v) is 7.42. The van der Waals surface area contributed by atoms with E-state index in [1.165, 1.54) is 0 Å². The molecule has 0 spiro atoms. The molecule has 0 saturated carbocycles. The lowest BCUT2D eigenvalue weighted by Gasteiger charge is -2.26. The van der Waals surface area contributed by atoms with Crippen LogP contribution < -0.4 is 10.6 Å². The number of hydrogen-bond acceptors (Lipinski definition) is 5. The fourth-order valence-electron chi connectivity index (χ4n) is 3.14. The van der Waals surface area contributed by atoms with Gasteiger partial charge in [-0.05, 0) is 45.0 Å². The Morgan fingerprint density at radius 1 is 1.36 bits per heavy atom. The molecule has 0 amide bonds. The van der Waals surface area contributed by atoms with E-state index >= 15 is 0 Å². The molecule has 1 aliphatic heterocycles. The van der Waals surface area contributed by atoms with Crippen LogP contribution in [0.3, 0.4) is 0 Å². The van der Waals surface area contributed by atoms with Crippen molar-refractivity contribution >= 4 is 17.3 Å². The van der Waals surface area contributed by atoms with Crippen LogP contribution in [0.25, 0.3) is 0 Å². The number of thiazole rings is 1. The molecule has 6 nitrogen and oxygen atoms in total. The van der Waals surface area contributed by atoms with Gasteiger partial charge in [0.1, 0.15) is 10.8 Å². The van der Waals surface area contributed by atoms with E-state index in [0.717, 1.165) is 48.4 Å². The molecule has 1 fully saturated rings. The smallest absolute Gasteiger partial charge is 0.434 e. The van der Waals surface area contributed by atoms with Gasteiger partial charge in [0.25, 0.3) is 0 Å². The molecule has 0 aliphatic carbocycles. The molecule has 0 bridgehead atoms. The summed E-state index contributed by atoms with van der Waals surface area (Å²) in [6, 6.07) is 3.92. The number of likely N-dealkylation sites (tertiary alicyclic amines) is 1. The zero-order valence-corrected chi connectivity index (χ0v) is 16.4. The third kappa shape index (κ3) is 5.48. The predicted octanol–water partition coefficient (Wildman–Crippen LogP) is 3.65. The van der Waals surface area contributed by atoms with Gasteiger partial charge in [-0.2, -0.15) is 13.2 Å². The first kappa shape index (κ1) is 20.7. The highest BCUT2D eigenvalue weighted by Crippen LogP contribution is 2.30. The summed E-state index contributed by atoms with van der Waals surface area (Å²) in [4.78, 5) is 10.4. The molecule has 154 valence electrons. The molecule has 2 aromatic rings. The fraction of sp³-hybridized carbons (Fsp3) is 0.556. The number of furan rings is 1. The zero-order chi connectivity index (χ0) is 20.0. The van der Waals surface area contributed by atoms with E-state index in [9.17, 15) is 13.2 Å². The third-order valence-corrected chi connectivity index (χ3v) is 5.31. The molecule has 28 heavy (non-hydrogen) atoms. The van der Waals surface area contributed by atoms with Crippen LogP contribution in [0.1, 0.15) is 42.3 Å². The minimum absolute atomic E-state index is 0.0815. The number of guanidine groups is 1. The quantitative estimate of drug-likeness (QED) is 0.534. The number of nitrogens with zero attached hydrogens (tertiary/aromatic N) is 3. The molecule has 1 atom stereocenters. The molecule has 3 rings (SSSR count). The van der Waals surface area contributed by atoms with Crippen LogP contribution in [0.15, 0.2) is 33.2 Å². The SMILES string of the molecule is CCNC(=NCc1nc(C(F)(F)F)cs1)NCC(c1ccco1)N1CCCC1. The van der Waals surface area contributed by atoms with Crippen LogP contribution in [0.2, 0.25) is 0 Å². The molecule has 2 aromatic heterocycles. The molecular formula is C18H24F3N5OS. The molecule has 0 radical (unpaired) electrons. The number of rotatable bonds is 7. The maximum absolute atomic E-state index is 12.7. The van der Waals surface area contributed by atoms with E-state index in [1.807, 2.05) is 19.1 Å². The summed E-state index contributed by atoms with van der Waals surface area (Å²) >= 11 is 0.962. The molecule has 3 heterocycles. The van der Waals surface area contributed by atoms with E-state index in [-0.39, 0.29) is 12.6 Å². The van der Waals surface area contributed by atoms with Gasteiger partial charge in [-0.15, -0.1) is 11.3 Å². The Kier molecular flexibility index (Phi) is 6.95. The van der Waals surface area contributed by atoms with Crippen LogP contribution in [-0.2, 0) is 12.7 Å². The molecule has 2 N–H and O–H groups in total. The maximum atomic E-state index is 12.7. The van der Waals surface area contributed by atoms with Crippen molar-refractivity contribution in [2.75, 3.05) is 26.2 Å². The lowest BCUT2D eigenvalue weighted by Crippen LogP contribution is -2.42. The summed E-state index contributed by atoms with van der Waals surface area (Å²) in [6.07, 6.45) is -0.431. The van der Waals surface area contributed by atoms with Crippen LogP contribution in [0.4, 0.5) is 13.2 Å². The van der Waals surface area contributed by atoms with E-state index in [1.54, 1.807) is 6.26 Å². The summed E-state index contributed by atoms with van der Waals surface area (Å²) in [5.41, 5.74) is -0.868. The van der Waals surface area contributed by atoms with Gasteiger partial charge >= 0.3 is 6.18 Å². The van der Waals surface area contributed by atoms with Crippen LogP contribution in [0.5, 0.6) is 0 Å². The van der Waals surface area contributed by atoms with Gasteiger partial charge in [0, 0.05) is 18.5 Å². The second-order valence-electron chi connectivity index (χ2n) is 6.47. The largest absolute Gasteiger partial charge is 0.468 e. The minimum atomic E-state index is -4.42. The average molecular weight is 415 g/mol. The van der Waals surface area contributed by atoms with Gasteiger partial charge in [-0.25, -0.2) is 9.98 Å². The van der Waals surface area contributed by atoms with Crippen molar-refractivity contribution in [2.45, 2.75) is 38.5 Å². The first-order valence-corrected chi connectivity index (χ1v) is 10.2. The van der Waals surface area contributed by atoms with Gasteiger partial charge in [0.15, 0.2) is 11.7 Å². The van der Waals surface area contributed by atoms with Crippen molar-refractivity contribution in [3.05, 3.63) is 40.2 Å². The third-order valence-electron chi connectivity index (χ3n) is 4.47. The number of aromatic nitrogens is 1. The van der Waals surface area contributed by atoms with Crippen LogP contribution in [-0.4, -0.2) is 42.0 Å². The molecular weight excluding hydrogens is 391 g/mol. The van der Waals surface area contributed by atoms with Crippen LogP contribution in [0, 0.1) is 0 Å². The van der Waals surface area contributed by atoms with E-state index in [0.29, 0.717) is 24.1 Å². The zero-order valence-electron chi connectivity index (χ0n) is 15.6. The normalized spacial score (nSPS) is 17.1. The van der Waals surface area contributed by atoms with Crippen molar-refractivity contribution < 1.29 is 17.6 Å². The highest BCUT2D eigenvalue weighted by Gasteiger charge is 2.33. The monoisotopic (exact) mass is 415 g/mol. The summed E-state index contributed by atoms with van der Waals surface area (Å²) < 4.78 is 43.7. The molecule has 0 aromatic carbocycles. The lowest BCUT2D eigenvalue weighted by atomic mass is 10.2. The topological polar surface area (TPSA) is 65.7 Å². The Morgan fingerprint density at radius 2 is 2.14 bits per heavy atom. The van der Waals surface area contributed by atoms with Gasteiger partial charge in [-0.1, -0.05) is 0 Å². The second kappa shape index (κ2) is 9.42. The van der Waals surface area contributed by atoms with Crippen molar-refractivity contribution in [3.8, 4) is 0 Å². The number of aliphatic imine (C=N–C) groups is 1. The highest BCUT2D eigenvalue weighted by molar-refractivity contribution is 7.09. The van der Waals surface area contributed by atoms with Crippen LogP contribution >= 0.6 is 11.3 Å². The van der Waals surface area contributed by atoms with Gasteiger partial charge in [0.2, 0.25) is 0 Å². The molecule has 1 unspecified atom stereocenters. The molecule has 10 heteroatoms. The molecule has 1 aliphatic rings. The average Bonchev–Trinajstić information content (AvgIpc) is 3.41. The van der Waals surface area contributed by atoms with Crippen molar-refractivity contribution in [3.63, 3.8) is 0 Å². The maximum Gasteiger partial charge on any atom is 0.434 e. The first-order chi connectivity index (χ1) is 13.5. The summed E-state index contributed by atoms with van der Waals surface area (Å²) in [7, 11) is 0. The standard InChI is InChI=1S/C18H24F3N5OS/c1-2-22-17(24-11-16-25-15(12-28-16)18(19,20)21)23-10-13(14-6-5-9-27-14)26-7-3-4-8-26/h5-6,9,12-13H,2-4,7-8,10-11H2,1H3,(H2,22,23,24). The lowest BCUT2D eigenvalue weighted by molar-refractivity contribution is -0.140. The predicted molar refractivity (Wildman–Crippen MR) is 102 cm³/mol. The summed E-state index contributed by atoms with van der Waals surface area (Å²) in [5, 5.41) is 7.76. The first-order valence-electron chi connectivity index (χ1n) is 9.28. The Bertz CT molecular complexity index is 754. The number of alkyl halides is 3. The Labute approximate surface area is 165 Å². The van der Waals surface area contributed by atoms with Gasteiger partial charge < -0.3 is 15.1 Å². The van der Waals surface area contributed by atoms with E-state index in [2.05, 4.69) is 25.5 Å². The van der Waals surface area contributed by atoms with E-state index < -0.39 is 11.9 Å². The number of halogens is 3. The Balaban J connectivity index is 1.64.